The lowest BCUT2D eigenvalue weighted by molar-refractivity contribution is -0.113. The Bertz CT molecular complexity index is 1330. The average molecular weight is 639 g/mol. The number of carbonyl (C=O) groups is 2. The van der Waals surface area contributed by atoms with Crippen LogP contribution < -0.4 is 10.6 Å². The molecule has 0 spiro atoms. The van der Waals surface area contributed by atoms with Gasteiger partial charge in [-0.05, 0) is 53.8 Å². The van der Waals surface area contributed by atoms with E-state index in [9.17, 15) is 9.59 Å². The Morgan fingerprint density at radius 3 is 2.50 bits per heavy atom. The van der Waals surface area contributed by atoms with Crippen LogP contribution in [0.1, 0.15) is 61.4 Å². The third-order valence-corrected chi connectivity index (χ3v) is 7.71. The third-order valence-electron chi connectivity index (χ3n) is 5.71. The molecule has 1 atom stereocenters. The Labute approximate surface area is 245 Å². The van der Waals surface area contributed by atoms with E-state index in [2.05, 4.69) is 57.2 Å². The molecule has 2 amide bonds. The highest BCUT2D eigenvalue weighted by atomic mass is 79.9. The van der Waals surface area contributed by atoms with Crippen molar-refractivity contribution in [2.45, 2.75) is 51.4 Å². The fraction of sp³-hybridized carbons (Fsp3) is 0.333. The molecule has 11 heteroatoms. The number of rotatable bonds is 11. The molecule has 2 N–H and O–H groups in total. The maximum absolute atomic E-state index is 13.0. The van der Waals surface area contributed by atoms with E-state index in [1.54, 1.807) is 18.2 Å². The number of benzene rings is 2. The normalized spacial score (nSPS) is 12.0. The number of nitrogens with zero attached hydrogens (tertiary/aromatic N) is 3. The monoisotopic (exact) mass is 637 g/mol. The van der Waals surface area contributed by atoms with Gasteiger partial charge in [0, 0.05) is 21.7 Å². The SMILES string of the molecule is C=CCn1c(SCC(=O)Nc2ccc(Br)cc2C(C)C)nnc1[C@@H](NC(=O)c1ccc(Cl)cc1Cl)C(C)C. The Balaban J connectivity index is 1.78. The van der Waals surface area contributed by atoms with Crippen molar-refractivity contribution in [2.75, 3.05) is 11.1 Å². The van der Waals surface area contributed by atoms with Gasteiger partial charge in [0.2, 0.25) is 5.91 Å². The summed E-state index contributed by atoms with van der Waals surface area (Å²) in [5.74, 6) is 0.450. The molecule has 38 heavy (non-hydrogen) atoms. The second-order valence-electron chi connectivity index (χ2n) is 9.28. The number of halogens is 3. The number of carbonyl (C=O) groups excluding carboxylic acids is 2. The van der Waals surface area contributed by atoms with Crippen LogP contribution in [-0.2, 0) is 11.3 Å². The summed E-state index contributed by atoms with van der Waals surface area (Å²) in [4.78, 5) is 25.9. The minimum Gasteiger partial charge on any atom is -0.342 e. The third kappa shape index (κ3) is 7.62. The van der Waals surface area contributed by atoms with E-state index in [0.29, 0.717) is 28.1 Å². The van der Waals surface area contributed by atoms with Crippen LogP contribution in [0.4, 0.5) is 5.69 Å². The quantitative estimate of drug-likeness (QED) is 0.168. The number of allylic oxidation sites excluding steroid dienone is 1. The minimum atomic E-state index is -0.457. The van der Waals surface area contributed by atoms with Gasteiger partial charge in [-0.3, -0.25) is 9.59 Å². The van der Waals surface area contributed by atoms with Gasteiger partial charge in [0.25, 0.3) is 5.91 Å². The summed E-state index contributed by atoms with van der Waals surface area (Å²) in [6.07, 6.45) is 1.73. The number of thioether (sulfide) groups is 1. The van der Waals surface area contributed by atoms with Gasteiger partial charge in [-0.1, -0.05) is 84.7 Å². The average Bonchev–Trinajstić information content (AvgIpc) is 3.24. The molecule has 0 fully saturated rings. The van der Waals surface area contributed by atoms with Gasteiger partial charge in [-0.25, -0.2) is 0 Å². The van der Waals surface area contributed by atoms with E-state index in [1.807, 2.05) is 36.6 Å². The topological polar surface area (TPSA) is 88.9 Å². The van der Waals surface area contributed by atoms with E-state index in [1.165, 1.54) is 17.8 Å². The van der Waals surface area contributed by atoms with Gasteiger partial charge in [-0.15, -0.1) is 16.8 Å². The highest BCUT2D eigenvalue weighted by Gasteiger charge is 2.27. The number of amides is 2. The molecule has 1 heterocycles. The van der Waals surface area contributed by atoms with E-state index in [-0.39, 0.29) is 34.4 Å². The Morgan fingerprint density at radius 1 is 1.13 bits per heavy atom. The van der Waals surface area contributed by atoms with Crippen LogP contribution in [0, 0.1) is 5.92 Å². The smallest absolute Gasteiger partial charge is 0.253 e. The molecular weight excluding hydrogens is 609 g/mol. The summed E-state index contributed by atoms with van der Waals surface area (Å²) in [5.41, 5.74) is 2.15. The molecule has 202 valence electrons. The molecule has 0 saturated carbocycles. The number of aromatic nitrogens is 3. The van der Waals surface area contributed by atoms with Crippen molar-refractivity contribution in [1.82, 2.24) is 20.1 Å². The second kappa shape index (κ2) is 13.6. The summed E-state index contributed by atoms with van der Waals surface area (Å²) >= 11 is 17.0. The maximum Gasteiger partial charge on any atom is 0.253 e. The number of anilines is 1. The van der Waals surface area contributed by atoms with Gasteiger partial charge >= 0.3 is 0 Å². The highest BCUT2D eigenvalue weighted by Crippen LogP contribution is 2.29. The first-order chi connectivity index (χ1) is 18.0. The zero-order valence-electron chi connectivity index (χ0n) is 21.6. The molecule has 0 aliphatic carbocycles. The zero-order valence-corrected chi connectivity index (χ0v) is 25.5. The molecule has 0 aliphatic rings. The number of hydrogen-bond acceptors (Lipinski definition) is 5. The van der Waals surface area contributed by atoms with Crippen molar-refractivity contribution >= 4 is 68.4 Å². The lowest BCUT2D eigenvalue weighted by Crippen LogP contribution is -2.34. The Kier molecular flexibility index (Phi) is 10.8. The van der Waals surface area contributed by atoms with Gasteiger partial charge in [-0.2, -0.15) is 0 Å². The molecule has 0 aliphatic heterocycles. The summed E-state index contributed by atoms with van der Waals surface area (Å²) < 4.78 is 2.82. The summed E-state index contributed by atoms with van der Waals surface area (Å²) in [7, 11) is 0. The zero-order chi connectivity index (χ0) is 28.0. The summed E-state index contributed by atoms with van der Waals surface area (Å²) in [6, 6.07) is 10.1. The largest absolute Gasteiger partial charge is 0.342 e. The predicted octanol–water partition coefficient (Wildman–Crippen LogP) is 7.51. The lowest BCUT2D eigenvalue weighted by Gasteiger charge is -2.23. The molecule has 7 nitrogen and oxygen atoms in total. The highest BCUT2D eigenvalue weighted by molar-refractivity contribution is 9.10. The van der Waals surface area contributed by atoms with Crippen LogP contribution in [0.15, 0.2) is 58.7 Å². The van der Waals surface area contributed by atoms with Crippen molar-refractivity contribution < 1.29 is 9.59 Å². The van der Waals surface area contributed by atoms with Crippen LogP contribution in [0.25, 0.3) is 0 Å². The molecule has 3 aromatic rings. The first-order valence-electron chi connectivity index (χ1n) is 12.0. The van der Waals surface area contributed by atoms with E-state index in [4.69, 9.17) is 23.2 Å². The van der Waals surface area contributed by atoms with E-state index >= 15 is 0 Å². The first-order valence-corrected chi connectivity index (χ1v) is 14.6. The van der Waals surface area contributed by atoms with Crippen molar-refractivity contribution in [3.05, 3.63) is 80.5 Å². The number of nitrogens with one attached hydrogen (secondary N) is 2. The van der Waals surface area contributed by atoms with Crippen LogP contribution in [0.3, 0.4) is 0 Å². The molecule has 0 bridgehead atoms. The van der Waals surface area contributed by atoms with Crippen LogP contribution in [0.5, 0.6) is 0 Å². The fourth-order valence-electron chi connectivity index (χ4n) is 3.80. The molecule has 1 aromatic heterocycles. The van der Waals surface area contributed by atoms with E-state index < -0.39 is 6.04 Å². The second-order valence-corrected chi connectivity index (χ2v) is 12.0. The Morgan fingerprint density at radius 2 is 1.87 bits per heavy atom. The van der Waals surface area contributed by atoms with Crippen molar-refractivity contribution in [3.8, 4) is 0 Å². The summed E-state index contributed by atoms with van der Waals surface area (Å²) in [5, 5.41) is 16.0. The molecular formula is C27H30BrCl2N5O2S. The molecule has 0 unspecified atom stereocenters. The standard InChI is InChI=1S/C27H30BrCl2N5O2S/c1-6-11-35-25(24(16(4)5)32-26(37)19-9-8-18(29)13-21(19)30)33-34-27(35)38-14-23(36)31-22-10-7-17(28)12-20(22)15(2)3/h6-10,12-13,15-16,24H,1,11,14H2,2-5H3,(H,31,36)(H,32,37)/t24-/m0/s1. The van der Waals surface area contributed by atoms with Gasteiger partial charge in [0.05, 0.1) is 22.4 Å². The van der Waals surface area contributed by atoms with Gasteiger partial charge in [0.1, 0.15) is 0 Å². The predicted molar refractivity (Wildman–Crippen MR) is 159 cm³/mol. The first kappa shape index (κ1) is 30.2. The van der Waals surface area contributed by atoms with Crippen molar-refractivity contribution in [2.24, 2.45) is 5.92 Å². The number of hydrogen-bond donors (Lipinski definition) is 2. The van der Waals surface area contributed by atoms with Gasteiger partial charge < -0.3 is 15.2 Å². The summed E-state index contributed by atoms with van der Waals surface area (Å²) in [6.45, 7) is 12.4. The molecule has 3 rings (SSSR count). The molecule has 2 aromatic carbocycles. The van der Waals surface area contributed by atoms with Crippen LogP contribution >= 0.6 is 50.9 Å². The van der Waals surface area contributed by atoms with Crippen molar-refractivity contribution in [3.63, 3.8) is 0 Å². The van der Waals surface area contributed by atoms with Gasteiger partial charge in [0.15, 0.2) is 11.0 Å². The maximum atomic E-state index is 13.0. The van der Waals surface area contributed by atoms with Crippen LogP contribution in [0.2, 0.25) is 10.0 Å². The Hall–Kier alpha value is -2.33. The molecule has 0 radical (unpaired) electrons. The van der Waals surface area contributed by atoms with E-state index in [0.717, 1.165) is 15.7 Å². The lowest BCUT2D eigenvalue weighted by atomic mass is 10.0. The minimum absolute atomic E-state index is 0.00852. The molecule has 0 saturated heterocycles. The van der Waals surface area contributed by atoms with Crippen LogP contribution in [-0.4, -0.2) is 32.3 Å². The fourth-order valence-corrected chi connectivity index (χ4v) is 5.43. The van der Waals surface area contributed by atoms with Crippen molar-refractivity contribution in [1.29, 1.82) is 0 Å².